The highest BCUT2D eigenvalue weighted by molar-refractivity contribution is 7.91. The van der Waals surface area contributed by atoms with Crippen LogP contribution in [0.1, 0.15) is 28.9 Å². The molecular weight excluding hydrogens is 360 g/mol. The van der Waals surface area contributed by atoms with Crippen molar-refractivity contribution in [3.05, 3.63) is 58.9 Å². The molecule has 144 valence electrons. The van der Waals surface area contributed by atoms with E-state index in [4.69, 9.17) is 0 Å². The number of carbonyl (C=O) groups excluding carboxylic acids is 1. The molecule has 0 radical (unpaired) electrons. The molecule has 1 fully saturated rings. The van der Waals surface area contributed by atoms with Crippen molar-refractivity contribution in [2.75, 3.05) is 18.1 Å². The highest BCUT2D eigenvalue weighted by Crippen LogP contribution is 2.22. The Hall–Kier alpha value is -2.34. The van der Waals surface area contributed by atoms with E-state index in [9.17, 15) is 13.2 Å². The molecule has 0 bridgehead atoms. The van der Waals surface area contributed by atoms with Crippen molar-refractivity contribution in [3.63, 3.8) is 0 Å². The highest BCUT2D eigenvalue weighted by atomic mass is 32.2. The Kier molecular flexibility index (Phi) is 5.56. The zero-order valence-corrected chi connectivity index (χ0v) is 16.8. The lowest BCUT2D eigenvalue weighted by atomic mass is 10.1. The van der Waals surface area contributed by atoms with Gasteiger partial charge in [0.2, 0.25) is 5.91 Å². The smallest absolute Gasteiger partial charge is 0.244 e. The molecule has 5 nitrogen and oxygen atoms in total. The number of aryl methyl sites for hydroxylation is 2. The summed E-state index contributed by atoms with van der Waals surface area (Å²) in [5.41, 5.74) is 5.48. The van der Waals surface area contributed by atoms with Gasteiger partial charge in [0.15, 0.2) is 9.84 Å². The average Bonchev–Trinajstić information content (AvgIpc) is 3.10. The van der Waals surface area contributed by atoms with Gasteiger partial charge in [-0.1, -0.05) is 17.7 Å². The van der Waals surface area contributed by atoms with Gasteiger partial charge >= 0.3 is 0 Å². The number of nitrogens with zero attached hydrogens (tertiary/aromatic N) is 1. The van der Waals surface area contributed by atoms with Gasteiger partial charge in [-0.3, -0.25) is 4.79 Å². The summed E-state index contributed by atoms with van der Waals surface area (Å²) in [6.45, 7) is 6.55. The fourth-order valence-electron chi connectivity index (χ4n) is 3.55. The fraction of sp³-hybridized carbons (Fsp3) is 0.381. The van der Waals surface area contributed by atoms with Crippen LogP contribution in [-0.4, -0.2) is 36.9 Å². The maximum absolute atomic E-state index is 12.1. The Morgan fingerprint density at radius 1 is 1.22 bits per heavy atom. The van der Waals surface area contributed by atoms with Crippen molar-refractivity contribution < 1.29 is 13.2 Å². The Morgan fingerprint density at radius 3 is 2.56 bits per heavy atom. The second-order valence-electron chi connectivity index (χ2n) is 7.34. The van der Waals surface area contributed by atoms with Gasteiger partial charge in [-0.2, -0.15) is 0 Å². The molecule has 27 heavy (non-hydrogen) atoms. The summed E-state index contributed by atoms with van der Waals surface area (Å²) in [5, 5.41) is 2.81. The number of aromatic nitrogens is 1. The number of hydrogen-bond donors (Lipinski definition) is 1. The molecule has 3 rings (SSSR count). The summed E-state index contributed by atoms with van der Waals surface area (Å²) in [5.74, 6) is 0.238. The zero-order valence-electron chi connectivity index (χ0n) is 16.0. The van der Waals surface area contributed by atoms with Gasteiger partial charge in [0, 0.05) is 29.7 Å². The number of rotatable bonds is 5. The van der Waals surface area contributed by atoms with Crippen LogP contribution in [0.2, 0.25) is 0 Å². The second kappa shape index (κ2) is 7.72. The lowest BCUT2D eigenvalue weighted by molar-refractivity contribution is -0.116. The Morgan fingerprint density at radius 2 is 1.93 bits per heavy atom. The van der Waals surface area contributed by atoms with Crippen molar-refractivity contribution >= 4 is 21.8 Å². The summed E-state index contributed by atoms with van der Waals surface area (Å²) in [6.07, 6.45) is 3.96. The van der Waals surface area contributed by atoms with Crippen LogP contribution in [0.25, 0.3) is 11.8 Å². The van der Waals surface area contributed by atoms with E-state index >= 15 is 0 Å². The number of sulfone groups is 1. The molecule has 1 aromatic heterocycles. The largest absolute Gasteiger partial charge is 0.352 e. The van der Waals surface area contributed by atoms with E-state index < -0.39 is 9.84 Å². The van der Waals surface area contributed by atoms with E-state index in [1.54, 1.807) is 0 Å². The molecule has 1 amide bonds. The summed E-state index contributed by atoms with van der Waals surface area (Å²) in [6, 6.07) is 10.4. The Balaban J connectivity index is 1.66. The SMILES string of the molecule is Cc1ccc(-n2c(C)cc(/C=C\C(=O)NC[C@H]3CCS(=O)(=O)C3)c2C)cc1. The lowest BCUT2D eigenvalue weighted by Crippen LogP contribution is -2.28. The molecule has 6 heteroatoms. The standard InChI is InChI=1S/C21H26N2O3S/c1-15-4-7-20(8-5-15)23-16(2)12-19(17(23)3)6-9-21(24)22-13-18-10-11-27(25,26)14-18/h4-9,12,18H,10-11,13-14H2,1-3H3,(H,22,24)/b9-6-/t18-/m1/s1. The van der Waals surface area contributed by atoms with Crippen LogP contribution in [-0.2, 0) is 14.6 Å². The molecule has 1 N–H and O–H groups in total. The predicted octanol–water partition coefficient (Wildman–Crippen LogP) is 2.97. The van der Waals surface area contributed by atoms with Crippen LogP contribution in [0.5, 0.6) is 0 Å². The van der Waals surface area contributed by atoms with E-state index in [0.29, 0.717) is 13.0 Å². The van der Waals surface area contributed by atoms with E-state index in [-0.39, 0.29) is 23.3 Å². The van der Waals surface area contributed by atoms with Crippen LogP contribution >= 0.6 is 0 Å². The Labute approximate surface area is 161 Å². The van der Waals surface area contributed by atoms with Crippen molar-refractivity contribution in [2.45, 2.75) is 27.2 Å². The van der Waals surface area contributed by atoms with Crippen molar-refractivity contribution in [1.82, 2.24) is 9.88 Å². The first-order chi connectivity index (χ1) is 12.7. The van der Waals surface area contributed by atoms with Gasteiger partial charge in [0.25, 0.3) is 0 Å². The van der Waals surface area contributed by atoms with Crippen LogP contribution in [0.3, 0.4) is 0 Å². The molecule has 0 spiro atoms. The summed E-state index contributed by atoms with van der Waals surface area (Å²) in [7, 11) is -2.91. The number of amides is 1. The second-order valence-corrected chi connectivity index (χ2v) is 9.57. The lowest BCUT2D eigenvalue weighted by Gasteiger charge is -2.10. The molecule has 1 aromatic carbocycles. The van der Waals surface area contributed by atoms with E-state index in [2.05, 4.69) is 47.1 Å². The van der Waals surface area contributed by atoms with E-state index in [1.807, 2.05) is 19.9 Å². The molecule has 1 aliphatic rings. The first kappa shape index (κ1) is 19.4. The molecule has 1 saturated heterocycles. The molecule has 0 unspecified atom stereocenters. The third kappa shape index (κ3) is 4.69. The quantitative estimate of drug-likeness (QED) is 0.804. The first-order valence-electron chi connectivity index (χ1n) is 9.17. The zero-order chi connectivity index (χ0) is 19.6. The minimum atomic E-state index is -2.91. The first-order valence-corrected chi connectivity index (χ1v) is 11.0. The fourth-order valence-corrected chi connectivity index (χ4v) is 5.41. The molecule has 2 aromatic rings. The normalized spacial score (nSPS) is 18.9. The third-order valence-corrected chi connectivity index (χ3v) is 6.91. The minimum absolute atomic E-state index is 0.0268. The molecular formula is C21H26N2O3S. The van der Waals surface area contributed by atoms with Crippen molar-refractivity contribution in [3.8, 4) is 5.69 Å². The van der Waals surface area contributed by atoms with Gasteiger partial charge in [0.05, 0.1) is 11.5 Å². The van der Waals surface area contributed by atoms with Gasteiger partial charge in [-0.25, -0.2) is 8.42 Å². The summed E-state index contributed by atoms with van der Waals surface area (Å²) >= 11 is 0. The van der Waals surface area contributed by atoms with Gasteiger partial charge < -0.3 is 9.88 Å². The number of carbonyl (C=O) groups is 1. The molecule has 1 aliphatic heterocycles. The molecule has 1 atom stereocenters. The topological polar surface area (TPSA) is 68.2 Å². The maximum Gasteiger partial charge on any atom is 0.244 e. The molecule has 0 aliphatic carbocycles. The molecule has 2 heterocycles. The summed E-state index contributed by atoms with van der Waals surface area (Å²) < 4.78 is 25.1. The summed E-state index contributed by atoms with van der Waals surface area (Å²) in [4.78, 5) is 12.1. The number of hydrogen-bond acceptors (Lipinski definition) is 3. The third-order valence-electron chi connectivity index (χ3n) is 5.07. The number of nitrogens with one attached hydrogen (secondary N) is 1. The van der Waals surface area contributed by atoms with Crippen LogP contribution in [0.4, 0.5) is 0 Å². The van der Waals surface area contributed by atoms with E-state index in [1.165, 1.54) is 11.6 Å². The monoisotopic (exact) mass is 386 g/mol. The van der Waals surface area contributed by atoms with Crippen molar-refractivity contribution in [2.24, 2.45) is 5.92 Å². The average molecular weight is 387 g/mol. The Bertz CT molecular complexity index is 970. The van der Waals surface area contributed by atoms with Gasteiger partial charge in [-0.05, 0) is 62.9 Å². The van der Waals surface area contributed by atoms with Crippen LogP contribution < -0.4 is 5.32 Å². The van der Waals surface area contributed by atoms with Crippen molar-refractivity contribution in [1.29, 1.82) is 0 Å². The van der Waals surface area contributed by atoms with Gasteiger partial charge in [-0.15, -0.1) is 0 Å². The highest BCUT2D eigenvalue weighted by Gasteiger charge is 2.27. The van der Waals surface area contributed by atoms with Crippen LogP contribution in [0, 0.1) is 26.7 Å². The predicted molar refractivity (Wildman–Crippen MR) is 109 cm³/mol. The minimum Gasteiger partial charge on any atom is -0.352 e. The maximum atomic E-state index is 12.1. The number of benzene rings is 1. The van der Waals surface area contributed by atoms with E-state index in [0.717, 1.165) is 22.6 Å². The molecule has 0 saturated carbocycles. The van der Waals surface area contributed by atoms with Crippen LogP contribution in [0.15, 0.2) is 36.4 Å². The van der Waals surface area contributed by atoms with Gasteiger partial charge in [0.1, 0.15) is 0 Å².